The molecule has 3 heterocycles. The van der Waals surface area contributed by atoms with Crippen LogP contribution >= 0.6 is 0 Å². The van der Waals surface area contributed by atoms with Crippen LogP contribution in [0, 0.1) is 0 Å². The Morgan fingerprint density at radius 3 is 2.69 bits per heavy atom. The highest BCUT2D eigenvalue weighted by molar-refractivity contribution is 5.80. The Morgan fingerprint density at radius 1 is 1.00 bits per heavy atom. The van der Waals surface area contributed by atoms with Crippen molar-refractivity contribution in [3.8, 4) is 5.75 Å². The Balaban J connectivity index is 1.61. The largest absolute Gasteiger partial charge is 0.497 e. The van der Waals surface area contributed by atoms with Crippen molar-refractivity contribution in [1.82, 2.24) is 4.90 Å². The van der Waals surface area contributed by atoms with E-state index in [1.165, 1.54) is 22.4 Å². The van der Waals surface area contributed by atoms with Crippen molar-refractivity contribution in [2.24, 2.45) is 0 Å². The highest BCUT2D eigenvalue weighted by Gasteiger charge is 2.41. The number of amides is 1. The van der Waals surface area contributed by atoms with Crippen LogP contribution in [0.1, 0.15) is 48.0 Å². The van der Waals surface area contributed by atoms with Gasteiger partial charge in [-0.25, -0.2) is 0 Å². The number of hydrogen-bond donors (Lipinski definition) is 0. The molecule has 2 atom stereocenters. The van der Waals surface area contributed by atoms with Gasteiger partial charge >= 0.3 is 0 Å². The number of hydrogen-bond acceptors (Lipinski definition) is 3. The number of nitrogens with zero attached hydrogens (tertiary/aromatic N) is 2. The van der Waals surface area contributed by atoms with E-state index in [2.05, 4.69) is 46.2 Å². The topological polar surface area (TPSA) is 32.8 Å². The van der Waals surface area contributed by atoms with Crippen molar-refractivity contribution < 1.29 is 9.53 Å². The minimum Gasteiger partial charge on any atom is -0.497 e. The lowest BCUT2D eigenvalue weighted by Crippen LogP contribution is -2.39. The molecule has 1 saturated heterocycles. The normalized spacial score (nSPS) is 24.1. The first kappa shape index (κ1) is 15.7. The van der Waals surface area contributed by atoms with Crippen LogP contribution in [0.25, 0.3) is 0 Å². The predicted molar refractivity (Wildman–Crippen MR) is 102 cm³/mol. The summed E-state index contributed by atoms with van der Waals surface area (Å²) in [5, 5.41) is 0. The minimum absolute atomic E-state index is 0.186. The summed E-state index contributed by atoms with van der Waals surface area (Å²) in [6.07, 6.45) is 3.72. The van der Waals surface area contributed by atoms with E-state index in [1.54, 1.807) is 7.11 Å². The number of benzene rings is 2. The van der Waals surface area contributed by atoms with E-state index < -0.39 is 0 Å². The summed E-state index contributed by atoms with van der Waals surface area (Å²) in [5.74, 6) is 1.21. The number of carbonyl (C=O) groups is 1. The molecule has 0 aromatic heterocycles. The molecule has 2 aromatic carbocycles. The molecule has 3 aliphatic heterocycles. The third kappa shape index (κ3) is 2.32. The van der Waals surface area contributed by atoms with Crippen LogP contribution in [0.15, 0.2) is 42.5 Å². The van der Waals surface area contributed by atoms with Crippen molar-refractivity contribution in [2.75, 3.05) is 25.1 Å². The summed E-state index contributed by atoms with van der Waals surface area (Å²) < 4.78 is 5.46. The highest BCUT2D eigenvalue weighted by atomic mass is 16.5. The van der Waals surface area contributed by atoms with Crippen LogP contribution in [0.3, 0.4) is 0 Å². The van der Waals surface area contributed by atoms with Crippen LogP contribution in [0.5, 0.6) is 5.75 Å². The van der Waals surface area contributed by atoms with Crippen LogP contribution in [-0.2, 0) is 11.2 Å². The van der Waals surface area contributed by atoms with Crippen molar-refractivity contribution in [3.05, 3.63) is 59.2 Å². The Morgan fingerprint density at radius 2 is 1.88 bits per heavy atom. The highest BCUT2D eigenvalue weighted by Crippen LogP contribution is 2.50. The smallest absolute Gasteiger partial charge is 0.223 e. The molecule has 1 amide bonds. The maximum Gasteiger partial charge on any atom is 0.223 e. The SMILES string of the molecule is COc1cccc(C2CC(N3CCCC3=O)c3cccc4c3N2CC4)c1. The number of para-hydroxylation sites is 1. The third-order valence-electron chi connectivity index (χ3n) is 6.21. The van der Waals surface area contributed by atoms with Gasteiger partial charge in [-0.1, -0.05) is 30.3 Å². The zero-order valence-corrected chi connectivity index (χ0v) is 15.1. The number of methoxy groups -OCH3 is 1. The van der Waals surface area contributed by atoms with Gasteiger partial charge in [-0.15, -0.1) is 0 Å². The average molecular weight is 348 g/mol. The lowest BCUT2D eigenvalue weighted by molar-refractivity contribution is -0.130. The number of anilines is 1. The van der Waals surface area contributed by atoms with Crippen LogP contribution in [0.2, 0.25) is 0 Å². The van der Waals surface area contributed by atoms with Crippen molar-refractivity contribution >= 4 is 11.6 Å². The van der Waals surface area contributed by atoms with Gasteiger partial charge in [-0.2, -0.15) is 0 Å². The molecule has 2 aromatic rings. The fourth-order valence-electron chi connectivity index (χ4n) is 5.02. The fraction of sp³-hybridized carbons (Fsp3) is 0.409. The maximum absolute atomic E-state index is 12.5. The Hall–Kier alpha value is -2.49. The molecule has 0 bridgehead atoms. The van der Waals surface area contributed by atoms with Crippen LogP contribution in [0.4, 0.5) is 5.69 Å². The molecular formula is C22H24N2O2. The second-order valence-corrected chi connectivity index (χ2v) is 7.53. The summed E-state index contributed by atoms with van der Waals surface area (Å²) in [4.78, 5) is 17.2. The van der Waals surface area contributed by atoms with Gasteiger partial charge in [0.05, 0.1) is 19.2 Å². The Kier molecular flexibility index (Phi) is 3.66. The average Bonchev–Trinajstić information content (AvgIpc) is 3.30. The molecule has 0 spiro atoms. The molecule has 4 heteroatoms. The molecule has 0 aliphatic carbocycles. The molecule has 2 unspecified atom stereocenters. The first-order valence-electron chi connectivity index (χ1n) is 9.58. The predicted octanol–water partition coefficient (Wildman–Crippen LogP) is 3.87. The van der Waals surface area contributed by atoms with E-state index in [0.717, 1.165) is 38.1 Å². The number of carbonyl (C=O) groups excluding carboxylic acids is 1. The number of likely N-dealkylation sites (tertiary alicyclic amines) is 1. The molecule has 0 saturated carbocycles. The molecule has 0 N–H and O–H groups in total. The van der Waals surface area contributed by atoms with Gasteiger partial charge in [0.2, 0.25) is 5.91 Å². The van der Waals surface area contributed by atoms with Crippen LogP contribution in [-0.4, -0.2) is 31.0 Å². The lowest BCUT2D eigenvalue weighted by atomic mass is 9.86. The zero-order chi connectivity index (χ0) is 17.7. The van der Waals surface area contributed by atoms with E-state index in [4.69, 9.17) is 4.74 Å². The fourth-order valence-corrected chi connectivity index (χ4v) is 5.02. The summed E-state index contributed by atoms with van der Waals surface area (Å²) >= 11 is 0. The lowest BCUT2D eigenvalue weighted by Gasteiger charge is -2.43. The summed E-state index contributed by atoms with van der Waals surface area (Å²) in [7, 11) is 1.72. The second kappa shape index (κ2) is 6.04. The monoisotopic (exact) mass is 348 g/mol. The van der Waals surface area contributed by atoms with Gasteiger partial charge in [0, 0.05) is 25.2 Å². The number of ether oxygens (including phenoxy) is 1. The summed E-state index contributed by atoms with van der Waals surface area (Å²) in [6, 6.07) is 15.5. The molecule has 3 aliphatic rings. The molecule has 134 valence electrons. The number of rotatable bonds is 3. The molecule has 0 radical (unpaired) electrons. The molecule has 4 nitrogen and oxygen atoms in total. The van der Waals surface area contributed by atoms with Gasteiger partial charge in [0.25, 0.3) is 0 Å². The molecular weight excluding hydrogens is 324 g/mol. The van der Waals surface area contributed by atoms with Crippen molar-refractivity contribution in [2.45, 2.75) is 37.8 Å². The van der Waals surface area contributed by atoms with Crippen LogP contribution < -0.4 is 9.64 Å². The first-order chi connectivity index (χ1) is 12.8. The third-order valence-corrected chi connectivity index (χ3v) is 6.21. The van der Waals surface area contributed by atoms with Gasteiger partial charge < -0.3 is 14.5 Å². The molecule has 5 rings (SSSR count). The Bertz CT molecular complexity index is 863. The molecule has 1 fully saturated rings. The second-order valence-electron chi connectivity index (χ2n) is 7.53. The van der Waals surface area contributed by atoms with Crippen molar-refractivity contribution in [3.63, 3.8) is 0 Å². The van der Waals surface area contributed by atoms with Crippen molar-refractivity contribution in [1.29, 1.82) is 0 Å². The van der Waals surface area contributed by atoms with E-state index in [0.29, 0.717) is 18.4 Å². The van der Waals surface area contributed by atoms with Gasteiger partial charge in [0.1, 0.15) is 5.75 Å². The first-order valence-corrected chi connectivity index (χ1v) is 9.58. The molecule has 26 heavy (non-hydrogen) atoms. The summed E-state index contributed by atoms with van der Waals surface area (Å²) in [6.45, 7) is 1.94. The van der Waals surface area contributed by atoms with Gasteiger partial charge in [-0.05, 0) is 48.1 Å². The zero-order valence-electron chi connectivity index (χ0n) is 15.1. The van der Waals surface area contributed by atoms with E-state index in [1.807, 2.05) is 6.07 Å². The van der Waals surface area contributed by atoms with E-state index in [-0.39, 0.29) is 6.04 Å². The van der Waals surface area contributed by atoms with E-state index >= 15 is 0 Å². The van der Waals surface area contributed by atoms with E-state index in [9.17, 15) is 4.79 Å². The minimum atomic E-state index is 0.186. The maximum atomic E-state index is 12.5. The standard InChI is InChI=1S/C22H24N2O2/c1-26-17-7-2-6-16(13-17)19-14-20(23-11-4-9-21(23)25)18-8-3-5-15-10-12-24(19)22(15)18/h2-3,5-8,13,19-20H,4,9-12,14H2,1H3. The summed E-state index contributed by atoms with van der Waals surface area (Å²) in [5.41, 5.74) is 5.42. The Labute approximate surface area is 154 Å². The van der Waals surface area contributed by atoms with Gasteiger partial charge in [0.15, 0.2) is 0 Å². The van der Waals surface area contributed by atoms with Gasteiger partial charge in [-0.3, -0.25) is 4.79 Å². The quantitative estimate of drug-likeness (QED) is 0.844.